The number of carbonyl (C=O) groups is 1. The van der Waals surface area contributed by atoms with E-state index in [9.17, 15) is 4.79 Å². The van der Waals surface area contributed by atoms with Crippen LogP contribution in [0.3, 0.4) is 0 Å². The summed E-state index contributed by atoms with van der Waals surface area (Å²) in [4.78, 5) is 20.7. The highest BCUT2D eigenvalue weighted by Gasteiger charge is 2.34. The molecule has 0 aliphatic carbocycles. The third kappa shape index (κ3) is 3.07. The Balaban J connectivity index is 1.85. The summed E-state index contributed by atoms with van der Waals surface area (Å²) < 4.78 is 1.79. The number of nitrogens with zero attached hydrogens (tertiary/aromatic N) is 6. The van der Waals surface area contributed by atoms with Crippen molar-refractivity contribution in [3.05, 3.63) is 59.1 Å². The van der Waals surface area contributed by atoms with Crippen LogP contribution in [0.2, 0.25) is 0 Å². The number of para-hydroxylation sites is 1. The number of H-pyrrole nitrogens is 1. The minimum atomic E-state index is -0.173. The molecule has 27 heavy (non-hydrogen) atoms. The Bertz CT molecular complexity index is 1080. The highest BCUT2D eigenvalue weighted by Crippen LogP contribution is 2.29. The van der Waals surface area contributed by atoms with Crippen molar-refractivity contribution in [1.29, 1.82) is 0 Å². The van der Waals surface area contributed by atoms with Crippen LogP contribution in [0.25, 0.3) is 11.4 Å². The minimum Gasteiger partial charge on any atom is -0.293 e. The van der Waals surface area contributed by atoms with Crippen molar-refractivity contribution in [2.75, 3.05) is 25.7 Å². The number of hydrogen-bond donors (Lipinski definition) is 1. The number of amides is 1. The van der Waals surface area contributed by atoms with Crippen molar-refractivity contribution in [2.45, 2.75) is 0 Å². The van der Waals surface area contributed by atoms with Crippen molar-refractivity contribution in [1.82, 2.24) is 24.8 Å². The lowest BCUT2D eigenvalue weighted by atomic mass is 10.1. The normalized spacial score (nSPS) is 15.0. The first-order chi connectivity index (χ1) is 13.1. The molecule has 3 aromatic rings. The Kier molecular flexibility index (Phi) is 4.38. The fourth-order valence-corrected chi connectivity index (χ4v) is 3.13. The van der Waals surface area contributed by atoms with Crippen molar-refractivity contribution < 1.29 is 4.79 Å². The van der Waals surface area contributed by atoms with Crippen LogP contribution in [-0.4, -0.2) is 57.1 Å². The van der Waals surface area contributed by atoms with Crippen molar-refractivity contribution in [3.8, 4) is 11.4 Å². The van der Waals surface area contributed by atoms with Crippen LogP contribution in [0.1, 0.15) is 5.56 Å². The fraction of sp³-hybridized carbons (Fsp3) is 0.167. The Morgan fingerprint density at radius 3 is 2.67 bits per heavy atom. The summed E-state index contributed by atoms with van der Waals surface area (Å²) in [6, 6.07) is 11.2. The largest absolute Gasteiger partial charge is 0.293 e. The lowest BCUT2D eigenvalue weighted by molar-refractivity contribution is -0.112. The van der Waals surface area contributed by atoms with E-state index in [0.717, 1.165) is 16.8 Å². The van der Waals surface area contributed by atoms with Crippen LogP contribution >= 0.6 is 12.2 Å². The molecule has 4 rings (SSSR count). The zero-order valence-electron chi connectivity index (χ0n) is 14.8. The van der Waals surface area contributed by atoms with E-state index >= 15 is 0 Å². The summed E-state index contributed by atoms with van der Waals surface area (Å²) in [5.74, 6) is 0.347. The van der Waals surface area contributed by atoms with Gasteiger partial charge in [0.25, 0.3) is 5.91 Å². The highest BCUT2D eigenvalue weighted by molar-refractivity contribution is 7.71. The van der Waals surface area contributed by atoms with Gasteiger partial charge in [-0.15, -0.1) is 0 Å². The Labute approximate surface area is 160 Å². The molecule has 1 aliphatic rings. The average molecular weight is 379 g/mol. The van der Waals surface area contributed by atoms with Crippen LogP contribution in [0.15, 0.2) is 53.9 Å². The van der Waals surface area contributed by atoms with E-state index in [-0.39, 0.29) is 5.91 Å². The lowest BCUT2D eigenvalue weighted by Crippen LogP contribution is -2.37. The molecule has 1 aromatic carbocycles. The standard InChI is InChI=1S/C18H17N7OS/c1-23(2)11-24-14-6-4-3-5-13(14)15(17(24)26)22-25-16(20-21-18(25)27)12-7-9-19-10-8-12/h3-10H,11H2,1-2H3,(H,21,27)/b22-15-. The second-order valence-electron chi connectivity index (χ2n) is 6.32. The first kappa shape index (κ1) is 17.3. The molecule has 8 nitrogen and oxygen atoms in total. The molecule has 1 N–H and O–H groups in total. The summed E-state index contributed by atoms with van der Waals surface area (Å²) in [6.45, 7) is 0.461. The number of pyridine rings is 1. The van der Waals surface area contributed by atoms with Gasteiger partial charge in [0.15, 0.2) is 11.5 Å². The van der Waals surface area contributed by atoms with E-state index in [1.54, 1.807) is 17.3 Å². The molecule has 0 saturated carbocycles. The topological polar surface area (TPSA) is 82.4 Å². The van der Waals surface area contributed by atoms with Crippen LogP contribution in [0.4, 0.5) is 5.69 Å². The fourth-order valence-electron chi connectivity index (χ4n) is 2.95. The van der Waals surface area contributed by atoms with Gasteiger partial charge in [-0.3, -0.25) is 19.6 Å². The van der Waals surface area contributed by atoms with E-state index in [1.807, 2.05) is 55.4 Å². The van der Waals surface area contributed by atoms with E-state index in [4.69, 9.17) is 12.2 Å². The third-order valence-electron chi connectivity index (χ3n) is 4.11. The van der Waals surface area contributed by atoms with Gasteiger partial charge in [0.05, 0.1) is 12.4 Å². The Morgan fingerprint density at radius 1 is 1.19 bits per heavy atom. The van der Waals surface area contributed by atoms with Crippen LogP contribution in [-0.2, 0) is 4.79 Å². The predicted molar refractivity (Wildman–Crippen MR) is 105 cm³/mol. The summed E-state index contributed by atoms with van der Waals surface area (Å²) in [6.07, 6.45) is 3.33. The maximum Gasteiger partial charge on any atom is 0.280 e. The van der Waals surface area contributed by atoms with Gasteiger partial charge in [0, 0.05) is 23.5 Å². The van der Waals surface area contributed by atoms with Gasteiger partial charge in [-0.2, -0.15) is 14.9 Å². The number of rotatable bonds is 4. The Morgan fingerprint density at radius 2 is 1.93 bits per heavy atom. The molecule has 0 unspecified atom stereocenters. The SMILES string of the molecule is CN(C)CN1C(=O)/C(=N\n2c(-c3ccncc3)n[nH]c2=S)c2ccccc21. The molecule has 2 aromatic heterocycles. The van der Waals surface area contributed by atoms with Crippen molar-refractivity contribution in [3.63, 3.8) is 0 Å². The number of nitrogens with one attached hydrogen (secondary N) is 1. The number of fused-ring (bicyclic) bond motifs is 1. The predicted octanol–water partition coefficient (Wildman–Crippen LogP) is 2.12. The molecule has 3 heterocycles. The van der Waals surface area contributed by atoms with E-state index < -0.39 is 0 Å². The zero-order chi connectivity index (χ0) is 19.0. The third-order valence-corrected chi connectivity index (χ3v) is 4.38. The number of benzene rings is 1. The molecular formula is C18H17N7OS. The van der Waals surface area contributed by atoms with Gasteiger partial charge in [-0.05, 0) is 44.5 Å². The molecule has 1 amide bonds. The van der Waals surface area contributed by atoms with E-state index in [2.05, 4.69) is 20.3 Å². The van der Waals surface area contributed by atoms with Gasteiger partial charge in [-0.1, -0.05) is 18.2 Å². The first-order valence-corrected chi connectivity index (χ1v) is 8.70. The molecule has 0 saturated heterocycles. The molecule has 0 bridgehead atoms. The molecular weight excluding hydrogens is 362 g/mol. The quantitative estimate of drug-likeness (QED) is 0.702. The molecule has 9 heteroatoms. The maximum absolute atomic E-state index is 13.1. The Hall–Kier alpha value is -3.17. The monoisotopic (exact) mass is 379 g/mol. The molecule has 136 valence electrons. The highest BCUT2D eigenvalue weighted by atomic mass is 32.1. The second kappa shape index (κ2) is 6.86. The average Bonchev–Trinajstić information content (AvgIpc) is 3.16. The van der Waals surface area contributed by atoms with Gasteiger partial charge < -0.3 is 0 Å². The molecule has 0 spiro atoms. The van der Waals surface area contributed by atoms with Gasteiger partial charge >= 0.3 is 0 Å². The molecule has 0 atom stereocenters. The smallest absolute Gasteiger partial charge is 0.280 e. The van der Waals surface area contributed by atoms with Crippen molar-refractivity contribution >= 4 is 29.5 Å². The summed E-state index contributed by atoms with van der Waals surface area (Å²) in [5, 5.41) is 11.6. The number of hydrogen-bond acceptors (Lipinski definition) is 6. The van der Waals surface area contributed by atoms with Crippen LogP contribution < -0.4 is 4.90 Å². The van der Waals surface area contributed by atoms with Crippen LogP contribution in [0.5, 0.6) is 0 Å². The number of anilines is 1. The number of aromatic nitrogens is 4. The molecule has 1 aliphatic heterocycles. The lowest BCUT2D eigenvalue weighted by Gasteiger charge is -2.21. The summed E-state index contributed by atoms with van der Waals surface area (Å²) in [7, 11) is 3.83. The summed E-state index contributed by atoms with van der Waals surface area (Å²) >= 11 is 5.33. The summed E-state index contributed by atoms with van der Waals surface area (Å²) in [5.41, 5.74) is 2.73. The van der Waals surface area contributed by atoms with E-state index in [1.165, 1.54) is 4.68 Å². The molecule has 0 radical (unpaired) electrons. The first-order valence-electron chi connectivity index (χ1n) is 8.29. The van der Waals surface area contributed by atoms with E-state index in [0.29, 0.717) is 23.0 Å². The number of aromatic amines is 1. The van der Waals surface area contributed by atoms with Crippen molar-refractivity contribution in [2.24, 2.45) is 5.10 Å². The van der Waals surface area contributed by atoms with Crippen LogP contribution in [0, 0.1) is 4.77 Å². The van der Waals surface area contributed by atoms with Gasteiger partial charge in [0.1, 0.15) is 0 Å². The van der Waals surface area contributed by atoms with Gasteiger partial charge in [0.2, 0.25) is 4.77 Å². The second-order valence-corrected chi connectivity index (χ2v) is 6.71. The van der Waals surface area contributed by atoms with Gasteiger partial charge in [-0.25, -0.2) is 5.10 Å². The zero-order valence-corrected chi connectivity index (χ0v) is 15.6. The minimum absolute atomic E-state index is 0.173. The molecule has 0 fully saturated rings. The maximum atomic E-state index is 13.1. The number of carbonyl (C=O) groups excluding carboxylic acids is 1.